The molecule has 29 heavy (non-hydrogen) atoms. The molecule has 9 heteroatoms. The summed E-state index contributed by atoms with van der Waals surface area (Å²) in [6, 6.07) is 5.96. The average molecular weight is 531 g/mol. The van der Waals surface area contributed by atoms with E-state index in [4.69, 9.17) is 9.47 Å². The molecule has 0 bridgehead atoms. The van der Waals surface area contributed by atoms with E-state index in [-0.39, 0.29) is 24.0 Å². The zero-order valence-electron chi connectivity index (χ0n) is 17.5. The summed E-state index contributed by atoms with van der Waals surface area (Å²) in [4.78, 5) is 14.8. The van der Waals surface area contributed by atoms with Crippen LogP contribution >= 0.6 is 35.3 Å². The van der Waals surface area contributed by atoms with Gasteiger partial charge in [0, 0.05) is 56.4 Å². The van der Waals surface area contributed by atoms with Gasteiger partial charge in [0.25, 0.3) is 0 Å². The van der Waals surface area contributed by atoms with Crippen molar-refractivity contribution in [2.75, 3.05) is 47.4 Å². The van der Waals surface area contributed by atoms with Gasteiger partial charge < -0.3 is 19.7 Å². The van der Waals surface area contributed by atoms with Gasteiger partial charge in [-0.2, -0.15) is 0 Å². The molecule has 0 saturated carbocycles. The molecule has 2 heterocycles. The Kier molecular flexibility index (Phi) is 9.44. The fourth-order valence-corrected chi connectivity index (χ4v) is 4.06. The van der Waals surface area contributed by atoms with Gasteiger partial charge in [-0.05, 0) is 25.1 Å². The smallest absolute Gasteiger partial charge is 0.194 e. The first kappa shape index (κ1) is 23.7. The molecular formula is C20H30IN5O2S. The van der Waals surface area contributed by atoms with Crippen LogP contribution in [-0.2, 0) is 13.1 Å². The average Bonchev–Trinajstić information content (AvgIpc) is 3.14. The summed E-state index contributed by atoms with van der Waals surface area (Å²) < 4.78 is 10.9. The third-order valence-corrected chi connectivity index (χ3v) is 5.74. The largest absolute Gasteiger partial charge is 0.497 e. The van der Waals surface area contributed by atoms with Crippen LogP contribution in [0.25, 0.3) is 0 Å². The number of nitrogens with one attached hydrogen (secondary N) is 1. The Labute approximate surface area is 194 Å². The van der Waals surface area contributed by atoms with E-state index in [2.05, 4.69) is 38.1 Å². The second kappa shape index (κ2) is 11.6. The van der Waals surface area contributed by atoms with Gasteiger partial charge in [0.05, 0.1) is 20.8 Å². The molecule has 0 unspecified atom stereocenters. The van der Waals surface area contributed by atoms with Gasteiger partial charge in [-0.3, -0.25) is 9.89 Å². The maximum absolute atomic E-state index is 5.51. The van der Waals surface area contributed by atoms with Crippen LogP contribution in [0.1, 0.15) is 15.4 Å². The maximum Gasteiger partial charge on any atom is 0.194 e. The number of aliphatic imine (C=N–C) groups is 1. The summed E-state index contributed by atoms with van der Waals surface area (Å²) in [5.41, 5.74) is 1.15. The van der Waals surface area contributed by atoms with Crippen LogP contribution in [0.5, 0.6) is 11.5 Å². The Morgan fingerprint density at radius 3 is 2.55 bits per heavy atom. The quantitative estimate of drug-likeness (QED) is 0.352. The first-order valence-corrected chi connectivity index (χ1v) is 10.2. The molecule has 1 N–H and O–H groups in total. The highest BCUT2D eigenvalue weighted by molar-refractivity contribution is 14.0. The summed E-state index contributed by atoms with van der Waals surface area (Å²) in [5, 5.41) is 4.52. The van der Waals surface area contributed by atoms with Crippen molar-refractivity contribution in [3.63, 3.8) is 0 Å². The van der Waals surface area contributed by atoms with Crippen LogP contribution < -0.4 is 14.8 Å². The van der Waals surface area contributed by atoms with Crippen LogP contribution in [0.15, 0.2) is 29.4 Å². The van der Waals surface area contributed by atoms with Crippen LogP contribution in [0.2, 0.25) is 0 Å². The number of aryl methyl sites for hydroxylation is 1. The number of nitrogens with zero attached hydrogens (tertiary/aromatic N) is 4. The monoisotopic (exact) mass is 531 g/mol. The molecule has 160 valence electrons. The molecule has 0 spiro atoms. The number of aromatic nitrogens is 1. The van der Waals surface area contributed by atoms with Crippen LogP contribution in [0, 0.1) is 6.92 Å². The number of halogens is 1. The molecule has 7 nitrogen and oxygen atoms in total. The minimum absolute atomic E-state index is 0. The van der Waals surface area contributed by atoms with Crippen molar-refractivity contribution in [1.29, 1.82) is 0 Å². The SMILES string of the molecule is CN=C(NCc1ncc(C)s1)N1CCN(Cc2cc(OC)ccc2OC)CC1.I. The lowest BCUT2D eigenvalue weighted by Gasteiger charge is -2.36. The van der Waals surface area contributed by atoms with Crippen molar-refractivity contribution in [2.24, 2.45) is 4.99 Å². The van der Waals surface area contributed by atoms with Crippen molar-refractivity contribution in [3.8, 4) is 11.5 Å². The predicted molar refractivity (Wildman–Crippen MR) is 129 cm³/mol. The van der Waals surface area contributed by atoms with Crippen LogP contribution in [0.4, 0.5) is 0 Å². The topological polar surface area (TPSA) is 62.2 Å². The Morgan fingerprint density at radius 2 is 1.97 bits per heavy atom. The van der Waals surface area contributed by atoms with Gasteiger partial charge in [-0.15, -0.1) is 35.3 Å². The molecule has 0 atom stereocenters. The van der Waals surface area contributed by atoms with Crippen molar-refractivity contribution in [1.82, 2.24) is 20.1 Å². The highest BCUT2D eigenvalue weighted by atomic mass is 127. The van der Waals surface area contributed by atoms with E-state index in [1.54, 1.807) is 25.6 Å². The number of piperazine rings is 1. The molecule has 2 aromatic rings. The van der Waals surface area contributed by atoms with Crippen molar-refractivity contribution in [3.05, 3.63) is 39.8 Å². The third kappa shape index (κ3) is 6.45. The molecule has 1 saturated heterocycles. The summed E-state index contributed by atoms with van der Waals surface area (Å²) in [6.07, 6.45) is 1.91. The van der Waals surface area contributed by atoms with E-state index in [1.807, 2.05) is 25.4 Å². The Morgan fingerprint density at radius 1 is 1.21 bits per heavy atom. The zero-order valence-corrected chi connectivity index (χ0v) is 20.6. The zero-order chi connectivity index (χ0) is 19.9. The minimum atomic E-state index is 0. The van der Waals surface area contributed by atoms with E-state index in [0.29, 0.717) is 6.54 Å². The number of rotatable bonds is 6. The number of benzene rings is 1. The number of hydrogen-bond donors (Lipinski definition) is 1. The molecule has 1 aliphatic rings. The molecule has 3 rings (SSSR count). The maximum atomic E-state index is 5.51. The Hall–Kier alpha value is -1.59. The fourth-order valence-electron chi connectivity index (χ4n) is 3.33. The van der Waals surface area contributed by atoms with E-state index in [9.17, 15) is 0 Å². The van der Waals surface area contributed by atoms with Gasteiger partial charge in [-0.25, -0.2) is 4.98 Å². The second-order valence-electron chi connectivity index (χ2n) is 6.71. The molecule has 0 aliphatic carbocycles. The molecule has 1 fully saturated rings. The lowest BCUT2D eigenvalue weighted by Crippen LogP contribution is -2.52. The number of thiazole rings is 1. The predicted octanol–water partition coefficient (Wildman–Crippen LogP) is 2.98. The minimum Gasteiger partial charge on any atom is -0.497 e. The van der Waals surface area contributed by atoms with E-state index < -0.39 is 0 Å². The van der Waals surface area contributed by atoms with Gasteiger partial charge in [0.1, 0.15) is 16.5 Å². The van der Waals surface area contributed by atoms with E-state index in [0.717, 1.165) is 60.8 Å². The Balaban J connectivity index is 0.00000300. The number of ether oxygens (including phenoxy) is 2. The van der Waals surface area contributed by atoms with Gasteiger partial charge in [0.2, 0.25) is 0 Å². The van der Waals surface area contributed by atoms with Crippen LogP contribution in [-0.4, -0.2) is 68.2 Å². The molecule has 1 aromatic carbocycles. The highest BCUT2D eigenvalue weighted by Gasteiger charge is 2.21. The molecular weight excluding hydrogens is 501 g/mol. The first-order chi connectivity index (χ1) is 13.6. The number of hydrogen-bond acceptors (Lipinski definition) is 6. The van der Waals surface area contributed by atoms with Crippen molar-refractivity contribution in [2.45, 2.75) is 20.0 Å². The lowest BCUT2D eigenvalue weighted by atomic mass is 10.1. The number of guanidine groups is 1. The first-order valence-electron chi connectivity index (χ1n) is 9.43. The van der Waals surface area contributed by atoms with Gasteiger partial charge >= 0.3 is 0 Å². The fraction of sp³-hybridized carbons (Fsp3) is 0.500. The molecule has 0 amide bonds. The summed E-state index contributed by atoms with van der Waals surface area (Å²) in [7, 11) is 5.24. The summed E-state index contributed by atoms with van der Waals surface area (Å²) in [5.74, 6) is 2.70. The normalized spacial score (nSPS) is 15.0. The molecule has 0 radical (unpaired) electrons. The van der Waals surface area contributed by atoms with Crippen LogP contribution in [0.3, 0.4) is 0 Å². The standard InChI is InChI=1S/C20H29N5O2S.HI/c1-15-12-22-19(28-15)13-23-20(21-2)25-9-7-24(8-10-25)14-16-11-17(26-3)5-6-18(16)27-4;/h5-6,11-12H,7-10,13-14H2,1-4H3,(H,21,23);1H. The lowest BCUT2D eigenvalue weighted by molar-refractivity contribution is 0.171. The highest BCUT2D eigenvalue weighted by Crippen LogP contribution is 2.25. The van der Waals surface area contributed by atoms with Crippen molar-refractivity contribution < 1.29 is 9.47 Å². The summed E-state index contributed by atoms with van der Waals surface area (Å²) in [6.45, 7) is 7.44. The molecule has 1 aliphatic heterocycles. The second-order valence-corrected chi connectivity index (χ2v) is 8.03. The van der Waals surface area contributed by atoms with Gasteiger partial charge in [0.15, 0.2) is 5.96 Å². The molecule has 1 aromatic heterocycles. The van der Waals surface area contributed by atoms with Gasteiger partial charge in [-0.1, -0.05) is 0 Å². The van der Waals surface area contributed by atoms with Crippen molar-refractivity contribution >= 4 is 41.3 Å². The Bertz CT molecular complexity index is 806. The third-order valence-electron chi connectivity index (χ3n) is 4.83. The van der Waals surface area contributed by atoms with E-state index >= 15 is 0 Å². The van der Waals surface area contributed by atoms with E-state index in [1.165, 1.54) is 4.88 Å². The number of methoxy groups -OCH3 is 2. The summed E-state index contributed by atoms with van der Waals surface area (Å²) >= 11 is 1.72.